The second-order valence-corrected chi connectivity index (χ2v) is 6.91. The van der Waals surface area contributed by atoms with Crippen LogP contribution in [0.4, 0.5) is 18.9 Å². The highest BCUT2D eigenvalue weighted by atomic mass is 127. The Kier molecular flexibility index (Phi) is 9.88. The summed E-state index contributed by atoms with van der Waals surface area (Å²) >= 11 is 0. The molecular formula is C20H28F3IN6O. The Bertz CT molecular complexity index is 823. The summed E-state index contributed by atoms with van der Waals surface area (Å²) in [6, 6.07) is 6.35. The zero-order valence-electron chi connectivity index (χ0n) is 17.4. The van der Waals surface area contributed by atoms with Crippen LogP contribution in [0.15, 0.2) is 41.7 Å². The predicted molar refractivity (Wildman–Crippen MR) is 125 cm³/mol. The van der Waals surface area contributed by atoms with Gasteiger partial charge in [0.25, 0.3) is 0 Å². The van der Waals surface area contributed by atoms with Gasteiger partial charge in [-0.15, -0.1) is 24.0 Å². The molecule has 0 saturated carbocycles. The van der Waals surface area contributed by atoms with E-state index in [1.165, 1.54) is 12.1 Å². The van der Waals surface area contributed by atoms with Gasteiger partial charge in [-0.3, -0.25) is 9.67 Å². The van der Waals surface area contributed by atoms with Crippen LogP contribution >= 0.6 is 24.0 Å². The fourth-order valence-corrected chi connectivity index (χ4v) is 3.28. The molecule has 3 rings (SSSR count). The largest absolute Gasteiger partial charge is 0.416 e. The minimum atomic E-state index is -4.43. The number of nitrogens with one attached hydrogen (secondary N) is 2. The molecule has 1 aliphatic rings. The molecule has 1 aromatic heterocycles. The molecular weight excluding hydrogens is 524 g/mol. The number of hydrogen-bond acceptors (Lipinski definition) is 4. The van der Waals surface area contributed by atoms with Gasteiger partial charge in [0.15, 0.2) is 5.96 Å². The number of alkyl halides is 3. The van der Waals surface area contributed by atoms with E-state index in [-0.39, 0.29) is 36.1 Å². The quantitative estimate of drug-likeness (QED) is 0.239. The molecule has 0 radical (unpaired) electrons. The van der Waals surface area contributed by atoms with Crippen LogP contribution < -0.4 is 15.5 Å². The number of anilines is 1. The van der Waals surface area contributed by atoms with E-state index in [9.17, 15) is 13.2 Å². The lowest BCUT2D eigenvalue weighted by Crippen LogP contribution is -2.38. The standard InChI is InChI=1S/C20H27F3N6O.HI/c1-24-19(25-6-2-8-29-9-3-7-27-29)26-15-16-4-5-17(14-18(16)20(21,22)23)28-10-12-30-13-11-28;/h3-5,7,9,14H,2,6,8,10-13,15H2,1H3,(H2,24,25,26);1H. The molecule has 0 bridgehead atoms. The van der Waals surface area contributed by atoms with Gasteiger partial charge < -0.3 is 20.3 Å². The van der Waals surface area contributed by atoms with E-state index >= 15 is 0 Å². The summed E-state index contributed by atoms with van der Waals surface area (Å²) < 4.78 is 48.1. The van der Waals surface area contributed by atoms with Gasteiger partial charge in [-0.2, -0.15) is 18.3 Å². The lowest BCUT2D eigenvalue weighted by molar-refractivity contribution is -0.138. The fourth-order valence-electron chi connectivity index (χ4n) is 3.28. The van der Waals surface area contributed by atoms with Crippen molar-refractivity contribution in [3.05, 3.63) is 47.8 Å². The van der Waals surface area contributed by atoms with Crippen LogP contribution in [-0.2, 0) is 24.0 Å². The summed E-state index contributed by atoms with van der Waals surface area (Å²) in [6.07, 6.45) is -0.0206. The van der Waals surface area contributed by atoms with Gasteiger partial charge in [0, 0.05) is 57.9 Å². The number of ether oxygens (including phenoxy) is 1. The Morgan fingerprint density at radius 2 is 2.00 bits per heavy atom. The highest BCUT2D eigenvalue weighted by Gasteiger charge is 2.34. The van der Waals surface area contributed by atoms with E-state index in [1.807, 2.05) is 21.8 Å². The van der Waals surface area contributed by atoms with Crippen molar-refractivity contribution in [2.24, 2.45) is 4.99 Å². The first-order valence-electron chi connectivity index (χ1n) is 9.92. The summed E-state index contributed by atoms with van der Waals surface area (Å²) in [6.45, 7) is 3.62. The van der Waals surface area contributed by atoms with Gasteiger partial charge in [-0.25, -0.2) is 0 Å². The second-order valence-electron chi connectivity index (χ2n) is 6.91. The Morgan fingerprint density at radius 1 is 1.23 bits per heavy atom. The lowest BCUT2D eigenvalue weighted by atomic mass is 10.0. The van der Waals surface area contributed by atoms with Crippen molar-refractivity contribution in [3.8, 4) is 0 Å². The van der Waals surface area contributed by atoms with Crippen LogP contribution in [0.1, 0.15) is 17.5 Å². The van der Waals surface area contributed by atoms with Gasteiger partial charge in [-0.05, 0) is 30.2 Å². The van der Waals surface area contributed by atoms with Gasteiger partial charge in [0.05, 0.1) is 18.8 Å². The first kappa shape index (κ1) is 25.2. The van der Waals surface area contributed by atoms with Crippen LogP contribution in [0.5, 0.6) is 0 Å². The van der Waals surface area contributed by atoms with Gasteiger partial charge in [0.2, 0.25) is 0 Å². The average Bonchev–Trinajstić information content (AvgIpc) is 3.27. The molecule has 31 heavy (non-hydrogen) atoms. The summed E-state index contributed by atoms with van der Waals surface area (Å²) in [4.78, 5) is 6.00. The highest BCUT2D eigenvalue weighted by molar-refractivity contribution is 14.0. The molecule has 0 atom stereocenters. The average molecular weight is 552 g/mol. The number of hydrogen-bond donors (Lipinski definition) is 2. The van der Waals surface area contributed by atoms with Crippen molar-refractivity contribution in [1.82, 2.24) is 20.4 Å². The Balaban J connectivity index is 0.00000341. The molecule has 0 unspecified atom stereocenters. The fraction of sp³-hybridized carbons (Fsp3) is 0.500. The maximum absolute atomic E-state index is 13.7. The van der Waals surface area contributed by atoms with Crippen molar-refractivity contribution in [2.45, 2.75) is 25.7 Å². The number of aryl methyl sites for hydroxylation is 1. The summed E-state index contributed by atoms with van der Waals surface area (Å²) in [5, 5.41) is 10.2. The molecule has 0 amide bonds. The number of aliphatic imine (C=N–C) groups is 1. The van der Waals surface area contributed by atoms with Crippen LogP contribution in [0.25, 0.3) is 0 Å². The predicted octanol–water partition coefficient (Wildman–Crippen LogP) is 3.11. The van der Waals surface area contributed by atoms with E-state index in [0.29, 0.717) is 44.5 Å². The minimum absolute atomic E-state index is 0. The molecule has 0 spiro atoms. The summed E-state index contributed by atoms with van der Waals surface area (Å²) in [7, 11) is 1.59. The molecule has 2 heterocycles. The molecule has 0 aliphatic carbocycles. The van der Waals surface area contributed by atoms with Gasteiger partial charge in [0.1, 0.15) is 0 Å². The molecule has 1 saturated heterocycles. The number of rotatable bonds is 7. The third-order valence-corrected chi connectivity index (χ3v) is 4.86. The van der Waals surface area contributed by atoms with E-state index in [1.54, 1.807) is 19.3 Å². The third kappa shape index (κ3) is 7.56. The minimum Gasteiger partial charge on any atom is -0.378 e. The maximum Gasteiger partial charge on any atom is 0.416 e. The first-order valence-corrected chi connectivity index (χ1v) is 9.92. The molecule has 2 aromatic rings. The van der Waals surface area contributed by atoms with Crippen molar-refractivity contribution in [1.29, 1.82) is 0 Å². The normalized spacial score (nSPS) is 14.8. The van der Waals surface area contributed by atoms with Crippen molar-refractivity contribution in [2.75, 3.05) is 44.8 Å². The van der Waals surface area contributed by atoms with Crippen molar-refractivity contribution < 1.29 is 17.9 Å². The van der Waals surface area contributed by atoms with Crippen molar-refractivity contribution in [3.63, 3.8) is 0 Å². The van der Waals surface area contributed by atoms with E-state index in [0.717, 1.165) is 13.0 Å². The molecule has 1 aliphatic heterocycles. The number of aromatic nitrogens is 2. The molecule has 2 N–H and O–H groups in total. The highest BCUT2D eigenvalue weighted by Crippen LogP contribution is 2.35. The van der Waals surface area contributed by atoms with Crippen LogP contribution in [0.2, 0.25) is 0 Å². The van der Waals surface area contributed by atoms with E-state index in [4.69, 9.17) is 4.74 Å². The zero-order chi connectivity index (χ0) is 21.4. The van der Waals surface area contributed by atoms with E-state index in [2.05, 4.69) is 20.7 Å². The molecule has 11 heteroatoms. The summed E-state index contributed by atoms with van der Waals surface area (Å²) in [5.74, 6) is 0.459. The monoisotopic (exact) mass is 552 g/mol. The lowest BCUT2D eigenvalue weighted by Gasteiger charge is -2.29. The number of nitrogens with zero attached hydrogens (tertiary/aromatic N) is 4. The zero-order valence-corrected chi connectivity index (χ0v) is 19.7. The van der Waals surface area contributed by atoms with Gasteiger partial charge >= 0.3 is 6.18 Å². The second kappa shape index (κ2) is 12.1. The number of halogens is 4. The maximum atomic E-state index is 13.7. The van der Waals surface area contributed by atoms with Crippen LogP contribution in [0.3, 0.4) is 0 Å². The van der Waals surface area contributed by atoms with Gasteiger partial charge in [-0.1, -0.05) is 6.07 Å². The Morgan fingerprint density at radius 3 is 2.65 bits per heavy atom. The molecule has 172 valence electrons. The summed E-state index contributed by atoms with van der Waals surface area (Å²) in [5.41, 5.74) is 0.114. The molecule has 1 aromatic carbocycles. The van der Waals surface area contributed by atoms with Crippen molar-refractivity contribution >= 4 is 35.6 Å². The SMILES string of the molecule is CN=C(NCCCn1cccn1)NCc1ccc(N2CCOCC2)cc1C(F)(F)F.I. The smallest absolute Gasteiger partial charge is 0.378 e. The van der Waals surface area contributed by atoms with Crippen LogP contribution in [0, 0.1) is 0 Å². The third-order valence-electron chi connectivity index (χ3n) is 4.86. The number of benzene rings is 1. The Hall–Kier alpha value is -2.02. The molecule has 1 fully saturated rings. The number of morpholine rings is 1. The van der Waals surface area contributed by atoms with E-state index < -0.39 is 11.7 Å². The Labute approximate surface area is 197 Å². The molecule has 7 nitrogen and oxygen atoms in total. The first-order chi connectivity index (χ1) is 14.5. The topological polar surface area (TPSA) is 66.7 Å². The van der Waals surface area contributed by atoms with Crippen LogP contribution in [-0.4, -0.2) is 55.6 Å². The number of guanidine groups is 1.